The van der Waals surface area contributed by atoms with Crippen LogP contribution in [0.2, 0.25) is 0 Å². The number of imidazole rings is 1. The van der Waals surface area contributed by atoms with Gasteiger partial charge in [-0.1, -0.05) is 0 Å². The summed E-state index contributed by atoms with van der Waals surface area (Å²) in [5.41, 5.74) is 3.73. The van der Waals surface area contributed by atoms with E-state index in [1.165, 1.54) is 12.1 Å². The molecule has 0 unspecified atom stereocenters. The van der Waals surface area contributed by atoms with Crippen LogP contribution in [0.1, 0.15) is 5.69 Å². The van der Waals surface area contributed by atoms with Crippen molar-refractivity contribution in [2.45, 2.75) is 6.92 Å². The molecule has 0 radical (unpaired) electrons. The Morgan fingerprint density at radius 3 is 2.56 bits per heavy atom. The predicted octanol–water partition coefficient (Wildman–Crippen LogP) is 4.21. The number of fused-ring (bicyclic) bond motifs is 1. The van der Waals surface area contributed by atoms with Gasteiger partial charge in [0.05, 0.1) is 5.69 Å². The van der Waals surface area contributed by atoms with Crippen molar-refractivity contribution in [3.63, 3.8) is 0 Å². The van der Waals surface area contributed by atoms with E-state index in [1.54, 1.807) is 12.1 Å². The van der Waals surface area contributed by atoms with E-state index in [0.29, 0.717) is 0 Å². The van der Waals surface area contributed by atoms with E-state index in [0.717, 1.165) is 27.1 Å². The van der Waals surface area contributed by atoms with Crippen LogP contribution in [0.4, 0.5) is 4.39 Å². The van der Waals surface area contributed by atoms with Crippen LogP contribution in [0.25, 0.3) is 16.9 Å². The highest BCUT2D eigenvalue weighted by molar-refractivity contribution is 9.10. The molecular formula is C14H10BrFN2. The third kappa shape index (κ3) is 1.82. The lowest BCUT2D eigenvalue weighted by atomic mass is 10.1. The molecule has 1 aromatic carbocycles. The first kappa shape index (κ1) is 11.4. The molecular weight excluding hydrogens is 295 g/mol. The number of aryl methyl sites for hydroxylation is 1. The smallest absolute Gasteiger partial charge is 0.137 e. The highest BCUT2D eigenvalue weighted by Gasteiger charge is 2.10. The average Bonchev–Trinajstić information content (AvgIpc) is 2.68. The van der Waals surface area contributed by atoms with Crippen LogP contribution in [0.15, 0.2) is 47.1 Å². The maximum Gasteiger partial charge on any atom is 0.137 e. The van der Waals surface area contributed by atoms with Gasteiger partial charge in [-0.3, -0.25) is 0 Å². The van der Waals surface area contributed by atoms with E-state index in [2.05, 4.69) is 20.9 Å². The van der Waals surface area contributed by atoms with E-state index in [1.807, 2.05) is 29.7 Å². The molecule has 2 nitrogen and oxygen atoms in total. The zero-order chi connectivity index (χ0) is 12.7. The quantitative estimate of drug-likeness (QED) is 0.658. The zero-order valence-electron chi connectivity index (χ0n) is 9.69. The van der Waals surface area contributed by atoms with Crippen molar-refractivity contribution in [3.05, 3.63) is 58.6 Å². The van der Waals surface area contributed by atoms with Gasteiger partial charge in [0.15, 0.2) is 0 Å². The molecule has 18 heavy (non-hydrogen) atoms. The predicted molar refractivity (Wildman–Crippen MR) is 73.0 cm³/mol. The Kier molecular flexibility index (Phi) is 2.67. The molecule has 4 heteroatoms. The number of benzene rings is 1. The fourth-order valence-electron chi connectivity index (χ4n) is 2.02. The van der Waals surface area contributed by atoms with Crippen LogP contribution in [0, 0.1) is 12.7 Å². The highest BCUT2D eigenvalue weighted by atomic mass is 79.9. The molecule has 0 N–H and O–H groups in total. The molecule has 0 spiro atoms. The van der Waals surface area contributed by atoms with Gasteiger partial charge in [0, 0.05) is 21.9 Å². The van der Waals surface area contributed by atoms with Crippen LogP contribution in [0.5, 0.6) is 0 Å². The molecule has 3 rings (SSSR count). The molecule has 0 aliphatic carbocycles. The van der Waals surface area contributed by atoms with Crippen LogP contribution >= 0.6 is 15.9 Å². The largest absolute Gasteiger partial charge is 0.303 e. The van der Waals surface area contributed by atoms with E-state index in [9.17, 15) is 4.39 Å². The Hall–Kier alpha value is -1.68. The summed E-state index contributed by atoms with van der Waals surface area (Å²) in [6, 6.07) is 10.3. The first-order chi connectivity index (χ1) is 8.65. The summed E-state index contributed by atoms with van der Waals surface area (Å²) in [7, 11) is 0. The molecule has 2 heterocycles. The number of halogens is 2. The van der Waals surface area contributed by atoms with Gasteiger partial charge >= 0.3 is 0 Å². The van der Waals surface area contributed by atoms with Gasteiger partial charge in [0.25, 0.3) is 0 Å². The number of rotatable bonds is 1. The highest BCUT2D eigenvalue weighted by Crippen LogP contribution is 2.25. The Bertz CT molecular complexity index is 716. The van der Waals surface area contributed by atoms with Crippen molar-refractivity contribution in [1.29, 1.82) is 0 Å². The lowest BCUT2D eigenvalue weighted by molar-refractivity contribution is 0.628. The van der Waals surface area contributed by atoms with E-state index in [4.69, 9.17) is 0 Å². The molecule has 0 aliphatic rings. The van der Waals surface area contributed by atoms with Gasteiger partial charge < -0.3 is 4.40 Å². The summed E-state index contributed by atoms with van der Waals surface area (Å²) >= 11 is 3.44. The van der Waals surface area contributed by atoms with Gasteiger partial charge in [0.2, 0.25) is 0 Å². The third-order valence-electron chi connectivity index (χ3n) is 2.94. The lowest BCUT2D eigenvalue weighted by Crippen LogP contribution is -1.87. The van der Waals surface area contributed by atoms with Crippen molar-refractivity contribution >= 4 is 21.6 Å². The van der Waals surface area contributed by atoms with E-state index >= 15 is 0 Å². The molecule has 0 saturated carbocycles. The Labute approximate surface area is 112 Å². The van der Waals surface area contributed by atoms with Crippen molar-refractivity contribution in [1.82, 2.24) is 9.38 Å². The van der Waals surface area contributed by atoms with Crippen LogP contribution in [-0.2, 0) is 0 Å². The van der Waals surface area contributed by atoms with Crippen LogP contribution < -0.4 is 0 Å². The Balaban J connectivity index is 2.23. The monoisotopic (exact) mass is 304 g/mol. The van der Waals surface area contributed by atoms with Crippen LogP contribution in [-0.4, -0.2) is 9.38 Å². The molecule has 3 aromatic rings. The fourth-order valence-corrected chi connectivity index (χ4v) is 2.35. The molecule has 0 atom stereocenters. The minimum absolute atomic E-state index is 0.233. The number of hydrogen-bond acceptors (Lipinski definition) is 1. The Morgan fingerprint density at radius 1 is 1.11 bits per heavy atom. The van der Waals surface area contributed by atoms with Crippen LogP contribution in [0.3, 0.4) is 0 Å². The average molecular weight is 305 g/mol. The third-order valence-corrected chi connectivity index (χ3v) is 3.41. The SMILES string of the molecule is Cc1c(-c2ccc(F)cc2)nc2ccc(Br)cn12. The maximum absolute atomic E-state index is 12.9. The van der Waals surface area contributed by atoms with Gasteiger partial charge in [-0.05, 0) is 59.3 Å². The maximum atomic E-state index is 12.9. The van der Waals surface area contributed by atoms with Gasteiger partial charge in [-0.25, -0.2) is 9.37 Å². The molecule has 0 bridgehead atoms. The molecule has 0 aliphatic heterocycles. The normalized spacial score (nSPS) is 11.1. The number of hydrogen-bond donors (Lipinski definition) is 0. The lowest BCUT2D eigenvalue weighted by Gasteiger charge is -1.99. The molecule has 2 aromatic heterocycles. The number of nitrogens with zero attached hydrogens (tertiary/aromatic N) is 2. The Morgan fingerprint density at radius 2 is 1.83 bits per heavy atom. The summed E-state index contributed by atoms with van der Waals surface area (Å²) < 4.78 is 15.9. The summed E-state index contributed by atoms with van der Waals surface area (Å²) in [4.78, 5) is 4.57. The zero-order valence-corrected chi connectivity index (χ0v) is 11.3. The second-order valence-electron chi connectivity index (χ2n) is 4.13. The molecule has 0 saturated heterocycles. The van der Waals surface area contributed by atoms with Gasteiger partial charge in [-0.2, -0.15) is 0 Å². The molecule has 0 fully saturated rings. The summed E-state index contributed by atoms with van der Waals surface area (Å²) in [5, 5.41) is 0. The minimum Gasteiger partial charge on any atom is -0.303 e. The van der Waals surface area contributed by atoms with Crippen molar-refractivity contribution < 1.29 is 4.39 Å². The first-order valence-electron chi connectivity index (χ1n) is 5.55. The fraction of sp³-hybridized carbons (Fsp3) is 0.0714. The topological polar surface area (TPSA) is 17.3 Å². The van der Waals surface area contributed by atoms with Gasteiger partial charge in [-0.15, -0.1) is 0 Å². The number of aromatic nitrogens is 2. The van der Waals surface area contributed by atoms with Crippen molar-refractivity contribution in [3.8, 4) is 11.3 Å². The van der Waals surface area contributed by atoms with E-state index in [-0.39, 0.29) is 5.82 Å². The molecule has 0 amide bonds. The first-order valence-corrected chi connectivity index (χ1v) is 6.34. The summed E-state index contributed by atoms with van der Waals surface area (Å²) in [6.45, 7) is 2.01. The van der Waals surface area contributed by atoms with Crippen molar-refractivity contribution in [2.75, 3.05) is 0 Å². The standard InChI is InChI=1S/C14H10BrFN2/c1-9-14(10-2-5-12(16)6-3-10)17-13-7-4-11(15)8-18(9)13/h2-8H,1H3. The van der Waals surface area contributed by atoms with Gasteiger partial charge in [0.1, 0.15) is 11.5 Å². The summed E-state index contributed by atoms with van der Waals surface area (Å²) in [6.07, 6.45) is 1.98. The minimum atomic E-state index is -0.233. The van der Waals surface area contributed by atoms with E-state index < -0.39 is 0 Å². The molecule has 90 valence electrons. The number of pyridine rings is 1. The second-order valence-corrected chi connectivity index (χ2v) is 5.04. The summed E-state index contributed by atoms with van der Waals surface area (Å²) in [5.74, 6) is -0.233. The second kappa shape index (κ2) is 4.21. The van der Waals surface area contributed by atoms with Crippen molar-refractivity contribution in [2.24, 2.45) is 0 Å².